The van der Waals surface area contributed by atoms with Crippen LogP contribution in [0, 0.1) is 11.3 Å². The summed E-state index contributed by atoms with van der Waals surface area (Å²) in [5.74, 6) is 0. The van der Waals surface area contributed by atoms with Crippen LogP contribution in [0.5, 0.6) is 0 Å². The van der Waals surface area contributed by atoms with Gasteiger partial charge in [0.05, 0.1) is 11.6 Å². The quantitative estimate of drug-likeness (QED) is 0.818. The lowest BCUT2D eigenvalue weighted by Crippen LogP contribution is -2.28. The zero-order chi connectivity index (χ0) is 15.2. The average Bonchev–Trinajstić information content (AvgIpc) is 2.46. The van der Waals surface area contributed by atoms with Gasteiger partial charge in [-0.25, -0.2) is 0 Å². The lowest BCUT2D eigenvalue weighted by Gasteiger charge is -2.11. The highest BCUT2D eigenvalue weighted by Gasteiger charge is 2.03. The van der Waals surface area contributed by atoms with Gasteiger partial charge in [0.15, 0.2) is 5.11 Å². The first-order valence-corrected chi connectivity index (χ1v) is 7.24. The lowest BCUT2D eigenvalue weighted by atomic mass is 10.2. The number of rotatable bonds is 3. The van der Waals surface area contributed by atoms with Crippen molar-refractivity contribution in [2.24, 2.45) is 0 Å². The summed E-state index contributed by atoms with van der Waals surface area (Å²) >= 11 is 17.1. The number of anilines is 1. The Hall–Kier alpha value is -1.80. The highest BCUT2D eigenvalue weighted by Crippen LogP contribution is 2.20. The maximum atomic E-state index is 8.85. The van der Waals surface area contributed by atoms with E-state index >= 15 is 0 Å². The van der Waals surface area contributed by atoms with Crippen molar-refractivity contribution in [2.75, 3.05) is 5.32 Å². The van der Waals surface area contributed by atoms with Crippen LogP contribution in [0.4, 0.5) is 5.69 Å². The molecule has 0 saturated carbocycles. The van der Waals surface area contributed by atoms with Crippen LogP contribution in [0.3, 0.4) is 0 Å². The first-order valence-electron chi connectivity index (χ1n) is 6.07. The van der Waals surface area contributed by atoms with Gasteiger partial charge in [-0.1, -0.05) is 35.3 Å². The summed E-state index contributed by atoms with van der Waals surface area (Å²) in [6.07, 6.45) is 0. The van der Waals surface area contributed by atoms with E-state index in [9.17, 15) is 0 Å². The largest absolute Gasteiger partial charge is 0.358 e. The Bertz CT molecular complexity index is 710. The molecule has 0 radical (unpaired) electrons. The van der Waals surface area contributed by atoms with Crippen molar-refractivity contribution in [1.82, 2.24) is 5.32 Å². The molecule has 0 heterocycles. The van der Waals surface area contributed by atoms with E-state index in [-0.39, 0.29) is 0 Å². The Balaban J connectivity index is 1.94. The fourth-order valence-corrected chi connectivity index (χ4v) is 2.35. The number of nitriles is 1. The van der Waals surface area contributed by atoms with E-state index in [0.29, 0.717) is 27.3 Å². The second-order valence-electron chi connectivity index (χ2n) is 4.24. The molecule has 0 fully saturated rings. The van der Waals surface area contributed by atoms with Crippen LogP contribution in [-0.2, 0) is 6.54 Å². The van der Waals surface area contributed by atoms with E-state index in [1.807, 2.05) is 12.1 Å². The number of nitrogens with zero attached hydrogens (tertiary/aromatic N) is 1. The predicted molar refractivity (Wildman–Crippen MR) is 90.7 cm³/mol. The smallest absolute Gasteiger partial charge is 0.171 e. The number of nitrogens with one attached hydrogen (secondary N) is 2. The molecular formula is C15H11Cl2N3S. The standard InChI is InChI=1S/C15H11Cl2N3S/c16-12-5-4-11(14(17)7-12)9-19-15(21)20-13-3-1-2-10(6-13)8-18/h1-7H,9H2,(H2,19,20,21). The van der Waals surface area contributed by atoms with Crippen molar-refractivity contribution in [2.45, 2.75) is 6.54 Å². The van der Waals surface area contributed by atoms with E-state index in [2.05, 4.69) is 16.7 Å². The summed E-state index contributed by atoms with van der Waals surface area (Å²) in [6.45, 7) is 0.486. The first-order chi connectivity index (χ1) is 10.1. The maximum absolute atomic E-state index is 8.85. The van der Waals surface area contributed by atoms with Gasteiger partial charge in [-0.15, -0.1) is 0 Å². The zero-order valence-corrected chi connectivity index (χ0v) is 13.2. The van der Waals surface area contributed by atoms with Gasteiger partial charge in [-0.3, -0.25) is 0 Å². The topological polar surface area (TPSA) is 47.9 Å². The molecule has 106 valence electrons. The van der Waals surface area contributed by atoms with Gasteiger partial charge >= 0.3 is 0 Å². The molecule has 2 aromatic rings. The summed E-state index contributed by atoms with van der Waals surface area (Å²) in [5.41, 5.74) is 2.23. The van der Waals surface area contributed by atoms with E-state index in [0.717, 1.165) is 11.3 Å². The summed E-state index contributed by atoms with van der Waals surface area (Å²) in [6, 6.07) is 14.5. The van der Waals surface area contributed by atoms with Gasteiger partial charge in [0.2, 0.25) is 0 Å². The molecule has 0 unspecified atom stereocenters. The highest BCUT2D eigenvalue weighted by atomic mass is 35.5. The molecule has 2 N–H and O–H groups in total. The second-order valence-corrected chi connectivity index (χ2v) is 5.49. The van der Waals surface area contributed by atoms with Crippen molar-refractivity contribution in [1.29, 1.82) is 5.26 Å². The van der Waals surface area contributed by atoms with E-state index in [1.165, 1.54) is 0 Å². The zero-order valence-electron chi connectivity index (χ0n) is 10.9. The molecule has 6 heteroatoms. The normalized spacial score (nSPS) is 9.76. The Labute approximate surface area is 138 Å². The minimum absolute atomic E-state index is 0.455. The number of halogens is 2. The summed E-state index contributed by atoms with van der Waals surface area (Å²) < 4.78 is 0. The molecule has 2 rings (SSSR count). The molecule has 0 spiro atoms. The first kappa shape index (κ1) is 15.6. The summed E-state index contributed by atoms with van der Waals surface area (Å²) in [4.78, 5) is 0. The van der Waals surface area contributed by atoms with Gasteiger partial charge < -0.3 is 10.6 Å². The molecule has 0 atom stereocenters. The van der Waals surface area contributed by atoms with E-state index < -0.39 is 0 Å². The minimum atomic E-state index is 0.455. The predicted octanol–water partition coefficient (Wildman–Crippen LogP) is 4.35. The summed E-state index contributed by atoms with van der Waals surface area (Å²) in [7, 11) is 0. The molecule has 0 aliphatic rings. The van der Waals surface area contributed by atoms with Crippen LogP contribution in [0.15, 0.2) is 42.5 Å². The number of benzene rings is 2. The molecule has 0 aliphatic heterocycles. The molecule has 0 aliphatic carbocycles. The highest BCUT2D eigenvalue weighted by molar-refractivity contribution is 7.80. The van der Waals surface area contributed by atoms with Gasteiger partial charge in [-0.05, 0) is 48.1 Å². The number of hydrogen-bond donors (Lipinski definition) is 2. The van der Waals surface area contributed by atoms with E-state index in [4.69, 9.17) is 40.7 Å². The second kappa shape index (κ2) is 7.28. The van der Waals surface area contributed by atoms with Crippen LogP contribution in [0.1, 0.15) is 11.1 Å². The molecule has 0 saturated heterocycles. The van der Waals surface area contributed by atoms with Gasteiger partial charge in [0.25, 0.3) is 0 Å². The third-order valence-corrected chi connectivity index (χ3v) is 3.54. The molecule has 3 nitrogen and oxygen atoms in total. The van der Waals surface area contributed by atoms with E-state index in [1.54, 1.807) is 30.3 Å². The van der Waals surface area contributed by atoms with Gasteiger partial charge in [-0.2, -0.15) is 5.26 Å². The van der Waals surface area contributed by atoms with Gasteiger partial charge in [0.1, 0.15) is 0 Å². The van der Waals surface area contributed by atoms with Crippen molar-refractivity contribution in [3.05, 3.63) is 63.6 Å². The molecular weight excluding hydrogens is 325 g/mol. The van der Waals surface area contributed by atoms with Crippen molar-refractivity contribution in [3.8, 4) is 6.07 Å². The fraction of sp³-hybridized carbons (Fsp3) is 0.0667. The van der Waals surface area contributed by atoms with Crippen LogP contribution in [0.25, 0.3) is 0 Å². The Kier molecular flexibility index (Phi) is 5.40. The number of hydrogen-bond acceptors (Lipinski definition) is 2. The SMILES string of the molecule is N#Cc1cccc(NC(=S)NCc2ccc(Cl)cc2Cl)c1. The van der Waals surface area contributed by atoms with Crippen molar-refractivity contribution in [3.63, 3.8) is 0 Å². The molecule has 2 aromatic carbocycles. The third-order valence-electron chi connectivity index (χ3n) is 2.70. The number of thiocarbonyl (C=S) groups is 1. The lowest BCUT2D eigenvalue weighted by molar-refractivity contribution is 0.926. The molecule has 0 bridgehead atoms. The van der Waals surface area contributed by atoms with Crippen LogP contribution < -0.4 is 10.6 Å². The van der Waals surface area contributed by atoms with Gasteiger partial charge in [0, 0.05) is 22.3 Å². The van der Waals surface area contributed by atoms with Crippen LogP contribution in [0.2, 0.25) is 10.0 Å². The third kappa shape index (κ3) is 4.61. The molecule has 0 amide bonds. The van der Waals surface area contributed by atoms with Crippen molar-refractivity contribution >= 4 is 46.2 Å². The summed E-state index contributed by atoms with van der Waals surface area (Å²) in [5, 5.41) is 16.6. The Morgan fingerprint density at radius 2 is 2.00 bits per heavy atom. The minimum Gasteiger partial charge on any atom is -0.358 e. The maximum Gasteiger partial charge on any atom is 0.171 e. The Morgan fingerprint density at radius 1 is 1.19 bits per heavy atom. The van der Waals surface area contributed by atoms with Crippen molar-refractivity contribution < 1.29 is 0 Å². The van der Waals surface area contributed by atoms with Crippen LogP contribution >= 0.6 is 35.4 Å². The molecule has 21 heavy (non-hydrogen) atoms. The average molecular weight is 336 g/mol. The monoisotopic (exact) mass is 335 g/mol. The molecule has 0 aromatic heterocycles. The fourth-order valence-electron chi connectivity index (χ4n) is 1.68. The van der Waals surface area contributed by atoms with Crippen LogP contribution in [-0.4, -0.2) is 5.11 Å². The Morgan fingerprint density at radius 3 is 2.71 bits per heavy atom.